The molecule has 1 aromatic rings. The molecule has 0 saturated carbocycles. The van der Waals surface area contributed by atoms with Crippen LogP contribution in [0.25, 0.3) is 0 Å². The number of methoxy groups -OCH3 is 1. The third kappa shape index (κ3) is 7.56. The van der Waals surface area contributed by atoms with Gasteiger partial charge in [0.05, 0.1) is 32.8 Å². The molecule has 1 aromatic carbocycles. The van der Waals surface area contributed by atoms with Crippen molar-refractivity contribution in [3.05, 3.63) is 35.9 Å². The van der Waals surface area contributed by atoms with Gasteiger partial charge in [0.2, 0.25) is 0 Å². The molecule has 0 unspecified atom stereocenters. The Bertz CT molecular complexity index is 352. The van der Waals surface area contributed by atoms with Crippen molar-refractivity contribution in [3.63, 3.8) is 0 Å². The lowest BCUT2D eigenvalue weighted by Crippen LogP contribution is -2.17. The van der Waals surface area contributed by atoms with E-state index in [0.29, 0.717) is 13.2 Å². The first-order valence-corrected chi connectivity index (χ1v) is 6.19. The van der Waals surface area contributed by atoms with Crippen LogP contribution in [0.1, 0.15) is 18.9 Å². The van der Waals surface area contributed by atoms with Gasteiger partial charge in [0.1, 0.15) is 6.61 Å². The first kappa shape index (κ1) is 15.6. The minimum atomic E-state index is -0.322. The van der Waals surface area contributed by atoms with Crippen LogP contribution in [0.3, 0.4) is 0 Å². The highest BCUT2D eigenvalue weighted by Gasteiger charge is 2.05. The van der Waals surface area contributed by atoms with Crippen LogP contribution in [0, 0.1) is 0 Å². The van der Waals surface area contributed by atoms with Gasteiger partial charge in [0.15, 0.2) is 0 Å². The van der Waals surface area contributed by atoms with E-state index in [2.05, 4.69) is 4.74 Å². The fourth-order valence-corrected chi connectivity index (χ4v) is 1.29. The predicted octanol–water partition coefficient (Wildman–Crippen LogP) is 2.10. The molecule has 5 heteroatoms. The number of esters is 1. The third-order valence-electron chi connectivity index (χ3n) is 2.38. The van der Waals surface area contributed by atoms with Crippen LogP contribution in [0.15, 0.2) is 30.3 Å². The van der Waals surface area contributed by atoms with Crippen LogP contribution in [0.4, 0.5) is 0 Å². The summed E-state index contributed by atoms with van der Waals surface area (Å²) in [5, 5.41) is 0. The summed E-state index contributed by atoms with van der Waals surface area (Å²) < 4.78 is 10.0. The summed E-state index contributed by atoms with van der Waals surface area (Å²) in [6.45, 7) is 2.92. The monoisotopic (exact) mass is 268 g/mol. The van der Waals surface area contributed by atoms with Gasteiger partial charge in [-0.15, -0.1) is 0 Å². The normalized spacial score (nSPS) is 12.1. The van der Waals surface area contributed by atoms with E-state index >= 15 is 0 Å². The zero-order chi connectivity index (χ0) is 13.9. The molecular formula is C14H20O5. The van der Waals surface area contributed by atoms with Crippen molar-refractivity contribution in [2.45, 2.75) is 26.1 Å². The van der Waals surface area contributed by atoms with Crippen LogP contribution < -0.4 is 0 Å². The standard InChI is InChI=1S/C14H20O5/c1-12(10-19-18-9-8-14(15)16-2)17-11-13-6-4-3-5-7-13/h3-7,12H,8-11H2,1-2H3/t12-/m0/s1. The van der Waals surface area contributed by atoms with E-state index in [0.717, 1.165) is 5.56 Å². The van der Waals surface area contributed by atoms with E-state index < -0.39 is 0 Å². The molecule has 0 bridgehead atoms. The smallest absolute Gasteiger partial charge is 0.307 e. The van der Waals surface area contributed by atoms with E-state index in [1.807, 2.05) is 37.3 Å². The largest absolute Gasteiger partial charge is 0.469 e. The van der Waals surface area contributed by atoms with Gasteiger partial charge >= 0.3 is 5.97 Å². The number of benzene rings is 1. The number of rotatable bonds is 9. The summed E-state index contributed by atoms with van der Waals surface area (Å²) in [5.74, 6) is -0.322. The van der Waals surface area contributed by atoms with Crippen LogP contribution in [0.2, 0.25) is 0 Å². The quantitative estimate of drug-likeness (QED) is 0.297. The predicted molar refractivity (Wildman–Crippen MR) is 69.2 cm³/mol. The maximum Gasteiger partial charge on any atom is 0.307 e. The summed E-state index contributed by atoms with van der Waals surface area (Å²) >= 11 is 0. The molecule has 1 rings (SSSR count). The molecule has 19 heavy (non-hydrogen) atoms. The maximum atomic E-state index is 10.8. The van der Waals surface area contributed by atoms with Crippen molar-refractivity contribution in [1.82, 2.24) is 0 Å². The lowest BCUT2D eigenvalue weighted by atomic mass is 10.2. The fourth-order valence-electron chi connectivity index (χ4n) is 1.29. The van der Waals surface area contributed by atoms with E-state index in [4.69, 9.17) is 14.5 Å². The molecule has 5 nitrogen and oxygen atoms in total. The summed E-state index contributed by atoms with van der Waals surface area (Å²) in [6, 6.07) is 9.90. The first-order valence-electron chi connectivity index (χ1n) is 6.19. The van der Waals surface area contributed by atoms with Crippen molar-refractivity contribution < 1.29 is 24.0 Å². The zero-order valence-electron chi connectivity index (χ0n) is 11.3. The number of hydrogen-bond acceptors (Lipinski definition) is 5. The lowest BCUT2D eigenvalue weighted by Gasteiger charge is -2.12. The van der Waals surface area contributed by atoms with E-state index in [-0.39, 0.29) is 25.1 Å². The molecule has 0 amide bonds. The van der Waals surface area contributed by atoms with Gasteiger partial charge < -0.3 is 9.47 Å². The number of carbonyl (C=O) groups is 1. The zero-order valence-corrected chi connectivity index (χ0v) is 11.3. The molecule has 1 atom stereocenters. The lowest BCUT2D eigenvalue weighted by molar-refractivity contribution is -0.306. The Labute approximate surface area is 113 Å². The molecule has 0 aliphatic rings. The minimum Gasteiger partial charge on any atom is -0.469 e. The molecule has 0 aliphatic heterocycles. The van der Waals surface area contributed by atoms with Gasteiger partial charge in [-0.05, 0) is 12.5 Å². The van der Waals surface area contributed by atoms with Gasteiger partial charge in [-0.2, -0.15) is 0 Å². The molecule has 106 valence electrons. The molecular weight excluding hydrogens is 248 g/mol. The SMILES string of the molecule is COC(=O)CCOOC[C@H](C)OCc1ccccc1. The van der Waals surface area contributed by atoms with E-state index in [9.17, 15) is 4.79 Å². The van der Waals surface area contributed by atoms with Crippen molar-refractivity contribution in [2.24, 2.45) is 0 Å². The average Bonchev–Trinajstić information content (AvgIpc) is 2.45. The van der Waals surface area contributed by atoms with Gasteiger partial charge in [-0.3, -0.25) is 4.79 Å². The molecule has 0 spiro atoms. The number of carbonyl (C=O) groups excluding carboxylic acids is 1. The molecule has 0 radical (unpaired) electrons. The third-order valence-corrected chi connectivity index (χ3v) is 2.38. The highest BCUT2D eigenvalue weighted by atomic mass is 17.2. The van der Waals surface area contributed by atoms with Crippen molar-refractivity contribution in [3.8, 4) is 0 Å². The average molecular weight is 268 g/mol. The fraction of sp³-hybridized carbons (Fsp3) is 0.500. The second kappa shape index (κ2) is 9.49. The second-order valence-corrected chi connectivity index (χ2v) is 4.04. The second-order valence-electron chi connectivity index (χ2n) is 4.04. The number of ether oxygens (including phenoxy) is 2. The summed E-state index contributed by atoms with van der Waals surface area (Å²) in [4.78, 5) is 20.6. The highest BCUT2D eigenvalue weighted by Crippen LogP contribution is 2.03. The van der Waals surface area contributed by atoms with Gasteiger partial charge in [0.25, 0.3) is 0 Å². The van der Waals surface area contributed by atoms with Crippen molar-refractivity contribution in [2.75, 3.05) is 20.3 Å². The highest BCUT2D eigenvalue weighted by molar-refractivity contribution is 5.69. The minimum absolute atomic E-state index is 0.0849. The van der Waals surface area contributed by atoms with Crippen molar-refractivity contribution in [1.29, 1.82) is 0 Å². The van der Waals surface area contributed by atoms with Crippen molar-refractivity contribution >= 4 is 5.97 Å². The van der Waals surface area contributed by atoms with Gasteiger partial charge in [-0.25, -0.2) is 9.78 Å². The Morgan fingerprint density at radius 3 is 2.63 bits per heavy atom. The Morgan fingerprint density at radius 2 is 1.95 bits per heavy atom. The molecule has 0 heterocycles. The molecule has 0 fully saturated rings. The van der Waals surface area contributed by atoms with Gasteiger partial charge in [0, 0.05) is 0 Å². The van der Waals surface area contributed by atoms with Crippen LogP contribution in [-0.2, 0) is 30.7 Å². The van der Waals surface area contributed by atoms with E-state index in [1.54, 1.807) is 0 Å². The molecule has 0 aromatic heterocycles. The first-order chi connectivity index (χ1) is 9.22. The summed E-state index contributed by atoms with van der Waals surface area (Å²) in [7, 11) is 1.34. The Morgan fingerprint density at radius 1 is 1.21 bits per heavy atom. The summed E-state index contributed by atoms with van der Waals surface area (Å²) in [5.41, 5.74) is 1.11. The summed E-state index contributed by atoms with van der Waals surface area (Å²) in [6.07, 6.45) is 0.0915. The topological polar surface area (TPSA) is 54.0 Å². The van der Waals surface area contributed by atoms with Gasteiger partial charge in [-0.1, -0.05) is 30.3 Å². The van der Waals surface area contributed by atoms with Crippen LogP contribution >= 0.6 is 0 Å². The van der Waals surface area contributed by atoms with Crippen LogP contribution in [-0.4, -0.2) is 32.4 Å². The number of hydrogen-bond donors (Lipinski definition) is 0. The maximum absolute atomic E-state index is 10.8. The Balaban J connectivity index is 2.02. The Kier molecular flexibility index (Phi) is 7.81. The molecule has 0 aliphatic carbocycles. The van der Waals surface area contributed by atoms with Crippen LogP contribution in [0.5, 0.6) is 0 Å². The molecule has 0 N–H and O–H groups in total. The molecule has 0 saturated heterocycles. The Hall–Kier alpha value is -1.43. The van der Waals surface area contributed by atoms with E-state index in [1.165, 1.54) is 7.11 Å².